The van der Waals surface area contributed by atoms with Gasteiger partial charge in [-0.3, -0.25) is 4.90 Å². The maximum absolute atomic E-state index is 16.5. The minimum atomic E-state index is -5.01. The number of nitrogens with zero attached hydrogens (tertiary/aromatic N) is 5. The number of alkyl halides is 5. The lowest BCUT2D eigenvalue weighted by atomic mass is 9.95. The molecule has 0 amide bonds. The van der Waals surface area contributed by atoms with Gasteiger partial charge in [-0.25, -0.2) is 18.2 Å². The smallest absolute Gasteiger partial charge is 0.418 e. The molecule has 6 heterocycles. The molecule has 9 nitrogen and oxygen atoms in total. The van der Waals surface area contributed by atoms with Crippen LogP contribution in [0, 0.1) is 5.82 Å². The lowest BCUT2D eigenvalue weighted by Crippen LogP contribution is -2.53. The molecule has 0 saturated carbocycles. The molecule has 4 atom stereocenters. The van der Waals surface area contributed by atoms with Gasteiger partial charge in [0, 0.05) is 30.8 Å². The molecule has 2 unspecified atom stereocenters. The van der Waals surface area contributed by atoms with Crippen molar-refractivity contribution in [1.82, 2.24) is 19.9 Å². The first-order chi connectivity index (χ1) is 20.9. The van der Waals surface area contributed by atoms with Crippen LogP contribution in [-0.2, 0) is 10.9 Å². The number of nitrogen functional groups attached to an aromatic ring is 1. The Balaban J connectivity index is 1.43. The molecule has 3 aromatic rings. The Kier molecular flexibility index (Phi) is 7.12. The molecular formula is C28H27ClF6N6O3. The van der Waals surface area contributed by atoms with Gasteiger partial charge in [0.15, 0.2) is 12.0 Å². The van der Waals surface area contributed by atoms with Crippen molar-refractivity contribution in [2.45, 2.75) is 49.4 Å². The molecule has 4 aliphatic rings. The summed E-state index contributed by atoms with van der Waals surface area (Å²) in [7, 11) is 0. The van der Waals surface area contributed by atoms with Gasteiger partial charge >= 0.3 is 12.2 Å². The summed E-state index contributed by atoms with van der Waals surface area (Å²) in [5.41, 5.74) is 1.70. The number of rotatable bonds is 4. The van der Waals surface area contributed by atoms with Gasteiger partial charge in [0.05, 0.1) is 35.4 Å². The van der Waals surface area contributed by atoms with E-state index in [1.807, 2.05) is 4.90 Å². The van der Waals surface area contributed by atoms with Crippen molar-refractivity contribution >= 4 is 34.0 Å². The number of pyridine rings is 1. The van der Waals surface area contributed by atoms with Gasteiger partial charge in [0.2, 0.25) is 5.88 Å². The summed E-state index contributed by atoms with van der Waals surface area (Å²) in [5.74, 6) is -1.57. The van der Waals surface area contributed by atoms with E-state index in [0.29, 0.717) is 13.0 Å². The highest BCUT2D eigenvalue weighted by Gasteiger charge is 2.49. The monoisotopic (exact) mass is 644 g/mol. The van der Waals surface area contributed by atoms with E-state index >= 15 is 8.78 Å². The number of nitrogens with two attached hydrogens (primary N) is 1. The van der Waals surface area contributed by atoms with Crippen molar-refractivity contribution in [1.29, 1.82) is 0 Å². The first-order valence-corrected chi connectivity index (χ1v) is 14.5. The lowest BCUT2D eigenvalue weighted by molar-refractivity contribution is -0.137. The Morgan fingerprint density at radius 1 is 1.14 bits per heavy atom. The molecule has 0 spiro atoms. The maximum Gasteiger partial charge on any atom is 0.418 e. The van der Waals surface area contributed by atoms with Crippen LogP contribution in [0.3, 0.4) is 0 Å². The zero-order chi connectivity index (χ0) is 31.0. The zero-order valence-corrected chi connectivity index (χ0v) is 23.9. The molecule has 236 valence electrons. The van der Waals surface area contributed by atoms with Crippen molar-refractivity contribution in [2.24, 2.45) is 0 Å². The summed E-state index contributed by atoms with van der Waals surface area (Å²) in [6.07, 6.45) is -5.87. The predicted molar refractivity (Wildman–Crippen MR) is 148 cm³/mol. The fourth-order valence-electron chi connectivity index (χ4n) is 6.86. The average molecular weight is 645 g/mol. The first kappa shape index (κ1) is 29.4. The fraction of sp³-hybridized carbons (Fsp3) is 0.536. The van der Waals surface area contributed by atoms with E-state index in [4.69, 9.17) is 31.5 Å². The van der Waals surface area contributed by atoms with E-state index in [-0.39, 0.29) is 68.1 Å². The molecule has 16 heteroatoms. The normalized spacial score (nSPS) is 27.1. The molecule has 2 N–H and O–H groups in total. The van der Waals surface area contributed by atoms with Crippen LogP contribution in [-0.4, -0.2) is 89.8 Å². The molecule has 4 aliphatic heterocycles. The van der Waals surface area contributed by atoms with E-state index in [1.165, 1.54) is 0 Å². The van der Waals surface area contributed by atoms with Gasteiger partial charge in [0.1, 0.15) is 41.8 Å². The number of halogens is 7. The minimum absolute atomic E-state index is 0.00259. The molecule has 3 fully saturated rings. The summed E-state index contributed by atoms with van der Waals surface area (Å²) in [5, 5.41) is -0.820. The number of aromatic nitrogens is 3. The zero-order valence-electron chi connectivity index (χ0n) is 23.1. The number of morpholine rings is 1. The second kappa shape index (κ2) is 10.7. The molecule has 0 radical (unpaired) electrons. The third-order valence-electron chi connectivity index (χ3n) is 8.83. The van der Waals surface area contributed by atoms with Crippen LogP contribution >= 0.6 is 11.6 Å². The second-order valence-corrected chi connectivity index (χ2v) is 12.0. The van der Waals surface area contributed by atoms with Crippen molar-refractivity contribution in [3.63, 3.8) is 0 Å². The molecule has 2 aromatic heterocycles. The molecule has 0 aliphatic carbocycles. The Labute approximate surface area is 252 Å². The van der Waals surface area contributed by atoms with Gasteiger partial charge in [-0.05, 0) is 31.5 Å². The highest BCUT2D eigenvalue weighted by molar-refractivity contribution is 6.32. The Morgan fingerprint density at radius 3 is 2.75 bits per heavy atom. The third-order valence-corrected chi connectivity index (χ3v) is 9.13. The Bertz CT molecular complexity index is 1630. The maximum atomic E-state index is 16.5. The van der Waals surface area contributed by atoms with Crippen LogP contribution in [0.5, 0.6) is 11.9 Å². The highest BCUT2D eigenvalue weighted by atomic mass is 35.5. The van der Waals surface area contributed by atoms with Crippen LogP contribution in [0.2, 0.25) is 5.02 Å². The molecule has 1 aromatic carbocycles. The number of anilines is 2. The van der Waals surface area contributed by atoms with Crippen LogP contribution in [0.4, 0.5) is 37.8 Å². The van der Waals surface area contributed by atoms with Crippen LogP contribution in [0.25, 0.3) is 22.2 Å². The summed E-state index contributed by atoms with van der Waals surface area (Å²) in [6, 6.07) is 0.637. The summed E-state index contributed by atoms with van der Waals surface area (Å²) in [6.45, 7) is 0.809. The molecule has 3 saturated heterocycles. The van der Waals surface area contributed by atoms with Crippen molar-refractivity contribution in [3.05, 3.63) is 28.5 Å². The van der Waals surface area contributed by atoms with E-state index in [2.05, 4.69) is 15.0 Å². The number of hydrogen-bond donors (Lipinski definition) is 1. The number of hydrogen-bond acceptors (Lipinski definition) is 9. The Morgan fingerprint density at radius 2 is 1.95 bits per heavy atom. The van der Waals surface area contributed by atoms with Crippen LogP contribution in [0.15, 0.2) is 12.1 Å². The summed E-state index contributed by atoms with van der Waals surface area (Å²) in [4.78, 5) is 16.5. The van der Waals surface area contributed by atoms with E-state index in [0.717, 1.165) is 18.6 Å². The minimum Gasteiger partial charge on any atom is -0.474 e. The molecule has 7 rings (SSSR count). The fourth-order valence-corrected chi connectivity index (χ4v) is 7.20. The summed E-state index contributed by atoms with van der Waals surface area (Å²) < 4.78 is 106. The number of benzene rings is 1. The molecule has 44 heavy (non-hydrogen) atoms. The largest absolute Gasteiger partial charge is 0.474 e. The standard InChI is InChI=1S/C28H27ClF6N6O3/c29-16-7-14(36)6-15(20(16)28(33,34)35)22-21(32)23-19-24(41-4-5-42-11-18(41)17(31)10-43-25(19)37-22)39-26(38-23)44-12-27-2-1-3-40(27)9-13(30)8-27/h6-7,13,17-18H,1-5,8-12,36H2/t13-,17?,18?,27+/m1/s1. The number of fused-ring (bicyclic) bond motifs is 3. The van der Waals surface area contributed by atoms with Gasteiger partial charge in [-0.2, -0.15) is 23.1 Å². The van der Waals surface area contributed by atoms with Crippen molar-refractivity contribution < 1.29 is 40.6 Å². The topological polar surface area (TPSA) is 98.9 Å². The van der Waals surface area contributed by atoms with Gasteiger partial charge in [0.25, 0.3) is 0 Å². The highest BCUT2D eigenvalue weighted by Crippen LogP contribution is 2.47. The first-order valence-electron chi connectivity index (χ1n) is 14.2. The second-order valence-electron chi connectivity index (χ2n) is 11.6. The van der Waals surface area contributed by atoms with Crippen molar-refractivity contribution in [2.75, 3.05) is 56.7 Å². The van der Waals surface area contributed by atoms with Crippen molar-refractivity contribution in [3.8, 4) is 23.1 Å². The quantitative estimate of drug-likeness (QED) is 0.312. The lowest BCUT2D eigenvalue weighted by Gasteiger charge is -2.39. The molecular weight excluding hydrogens is 618 g/mol. The van der Waals surface area contributed by atoms with E-state index in [9.17, 15) is 17.6 Å². The Hall–Kier alpha value is -3.30. The molecule has 0 bridgehead atoms. The van der Waals surface area contributed by atoms with Gasteiger partial charge < -0.3 is 24.8 Å². The van der Waals surface area contributed by atoms with Gasteiger partial charge in [-0.1, -0.05) is 11.6 Å². The summed E-state index contributed by atoms with van der Waals surface area (Å²) >= 11 is 5.95. The van der Waals surface area contributed by atoms with E-state index < -0.39 is 69.9 Å². The third kappa shape index (κ3) is 4.83. The average Bonchev–Trinajstić information content (AvgIpc) is 3.49. The van der Waals surface area contributed by atoms with Crippen LogP contribution < -0.4 is 20.1 Å². The SMILES string of the molecule is Nc1cc(Cl)c(C(F)(F)F)c(-c2nc3c4c(nc(OC[C@@]56CCCN5C[C@H](F)C6)nc4c2F)N2CCOCC2C(F)CO3)c1. The predicted octanol–water partition coefficient (Wildman–Crippen LogP) is 4.98. The van der Waals surface area contributed by atoms with Gasteiger partial charge in [-0.15, -0.1) is 0 Å². The van der Waals surface area contributed by atoms with Crippen LogP contribution in [0.1, 0.15) is 24.8 Å². The van der Waals surface area contributed by atoms with E-state index in [1.54, 1.807) is 4.90 Å². The number of ether oxygens (including phenoxy) is 3.